The van der Waals surface area contributed by atoms with E-state index >= 15 is 0 Å². The highest BCUT2D eigenvalue weighted by Crippen LogP contribution is 2.18. The first kappa shape index (κ1) is 17.5. The van der Waals surface area contributed by atoms with Crippen molar-refractivity contribution in [1.29, 1.82) is 0 Å². The fourth-order valence-electron chi connectivity index (χ4n) is 2.62. The van der Waals surface area contributed by atoms with Crippen molar-refractivity contribution >= 4 is 23.1 Å². The van der Waals surface area contributed by atoms with Crippen molar-refractivity contribution in [3.8, 4) is 0 Å². The zero-order chi connectivity index (χ0) is 16.8. The van der Waals surface area contributed by atoms with E-state index in [1.54, 1.807) is 0 Å². The minimum atomic E-state index is -0.0796. The molecule has 1 aromatic carbocycles. The second-order valence-electron chi connectivity index (χ2n) is 6.36. The summed E-state index contributed by atoms with van der Waals surface area (Å²) < 4.78 is 0. The van der Waals surface area contributed by atoms with Crippen LogP contribution in [0.25, 0.3) is 0 Å². The third-order valence-electron chi connectivity index (χ3n) is 4.39. The Labute approximate surface area is 139 Å². The third-order valence-corrected chi connectivity index (χ3v) is 4.39. The molecule has 0 aliphatic carbocycles. The van der Waals surface area contributed by atoms with Crippen LogP contribution in [0.1, 0.15) is 33.1 Å². The van der Waals surface area contributed by atoms with Gasteiger partial charge in [-0.25, -0.2) is 4.99 Å². The highest BCUT2D eigenvalue weighted by atomic mass is 16.2. The van der Waals surface area contributed by atoms with Gasteiger partial charge in [0.25, 0.3) is 0 Å². The van der Waals surface area contributed by atoms with E-state index in [0.29, 0.717) is 0 Å². The second kappa shape index (κ2) is 8.11. The van der Waals surface area contributed by atoms with E-state index < -0.39 is 0 Å². The molecule has 1 aliphatic heterocycles. The number of nitrogens with zero attached hydrogens (tertiary/aromatic N) is 3. The summed E-state index contributed by atoms with van der Waals surface area (Å²) in [5.74, 6) is 1.01. The Morgan fingerprint density at radius 1 is 1.17 bits per heavy atom. The molecule has 1 N–H and O–H groups in total. The lowest BCUT2D eigenvalue weighted by molar-refractivity contribution is -0.121. The maximum absolute atomic E-state index is 12.4. The Morgan fingerprint density at radius 3 is 2.35 bits per heavy atom. The van der Waals surface area contributed by atoms with Crippen LogP contribution in [-0.2, 0) is 4.79 Å². The van der Waals surface area contributed by atoms with Gasteiger partial charge in [-0.3, -0.25) is 9.69 Å². The van der Waals surface area contributed by atoms with Gasteiger partial charge in [0.1, 0.15) is 5.84 Å². The zero-order valence-corrected chi connectivity index (χ0v) is 14.7. The fraction of sp³-hybridized carbons (Fsp3) is 0.556. The molecule has 0 radical (unpaired) electrons. The van der Waals surface area contributed by atoms with E-state index in [9.17, 15) is 4.79 Å². The van der Waals surface area contributed by atoms with Crippen LogP contribution in [0.5, 0.6) is 0 Å². The van der Waals surface area contributed by atoms with Crippen LogP contribution in [0.15, 0.2) is 29.3 Å². The quantitative estimate of drug-likeness (QED) is 0.686. The van der Waals surface area contributed by atoms with Crippen LogP contribution in [0.2, 0.25) is 0 Å². The smallest absolute Gasteiger partial charge is 0.241 e. The SMILES string of the molecule is CC(=Nc1ccc(NC(=O)C(C)N2CCCCC2)cc1)N(C)C. The lowest BCUT2D eigenvalue weighted by atomic mass is 10.1. The Balaban J connectivity index is 1.94. The standard InChI is InChI=1S/C18H28N4O/c1-14(22-12-6-5-7-13-22)18(23)20-17-10-8-16(9-11-17)19-15(2)21(3)4/h8-11,14H,5-7,12-13H2,1-4H3,(H,20,23). The van der Waals surface area contributed by atoms with Crippen LogP contribution in [0.4, 0.5) is 11.4 Å². The van der Waals surface area contributed by atoms with Crippen LogP contribution in [0, 0.1) is 0 Å². The number of carbonyl (C=O) groups excluding carboxylic acids is 1. The summed E-state index contributed by atoms with van der Waals surface area (Å²) in [6, 6.07) is 7.58. The van der Waals surface area contributed by atoms with Crippen molar-refractivity contribution in [3.63, 3.8) is 0 Å². The van der Waals surface area contributed by atoms with E-state index in [4.69, 9.17) is 0 Å². The molecule has 5 heteroatoms. The number of amidine groups is 1. The van der Waals surface area contributed by atoms with Gasteiger partial charge < -0.3 is 10.2 Å². The number of anilines is 1. The molecule has 1 heterocycles. The summed E-state index contributed by atoms with van der Waals surface area (Å²) in [5.41, 5.74) is 1.71. The molecule has 1 aromatic rings. The molecule has 1 saturated heterocycles. The number of hydrogen-bond acceptors (Lipinski definition) is 3. The molecule has 5 nitrogen and oxygen atoms in total. The summed E-state index contributed by atoms with van der Waals surface area (Å²) in [6.07, 6.45) is 3.66. The Hall–Kier alpha value is -1.88. The predicted octanol–water partition coefficient (Wildman–Crippen LogP) is 3.11. The molecule has 1 amide bonds. The molecule has 0 bridgehead atoms. The first-order valence-corrected chi connectivity index (χ1v) is 8.35. The Kier molecular flexibility index (Phi) is 6.16. The largest absolute Gasteiger partial charge is 0.366 e. The summed E-state index contributed by atoms with van der Waals surface area (Å²) in [4.78, 5) is 21.1. The average molecular weight is 316 g/mol. The Bertz CT molecular complexity index is 545. The number of aliphatic imine (C=N–C) groups is 1. The van der Waals surface area contributed by atoms with Crippen molar-refractivity contribution in [2.45, 2.75) is 39.2 Å². The van der Waals surface area contributed by atoms with Gasteiger partial charge in [-0.05, 0) is 64.0 Å². The number of rotatable bonds is 4. The predicted molar refractivity (Wildman–Crippen MR) is 96.4 cm³/mol. The molecule has 0 aromatic heterocycles. The minimum Gasteiger partial charge on any atom is -0.366 e. The van der Waals surface area contributed by atoms with E-state index in [-0.39, 0.29) is 11.9 Å². The van der Waals surface area contributed by atoms with Gasteiger partial charge in [-0.2, -0.15) is 0 Å². The fourth-order valence-corrected chi connectivity index (χ4v) is 2.62. The summed E-state index contributed by atoms with van der Waals surface area (Å²) in [6.45, 7) is 5.99. The molecule has 1 fully saturated rings. The van der Waals surface area contributed by atoms with Gasteiger partial charge >= 0.3 is 0 Å². The van der Waals surface area contributed by atoms with E-state index in [1.807, 2.05) is 57.1 Å². The van der Waals surface area contributed by atoms with Crippen LogP contribution >= 0.6 is 0 Å². The van der Waals surface area contributed by atoms with Crippen molar-refractivity contribution in [2.24, 2.45) is 4.99 Å². The van der Waals surface area contributed by atoms with Crippen molar-refractivity contribution in [2.75, 3.05) is 32.5 Å². The van der Waals surface area contributed by atoms with E-state index in [1.165, 1.54) is 19.3 Å². The number of benzene rings is 1. The van der Waals surface area contributed by atoms with Crippen LogP contribution in [0.3, 0.4) is 0 Å². The monoisotopic (exact) mass is 316 g/mol. The van der Waals surface area contributed by atoms with Gasteiger partial charge in [-0.1, -0.05) is 6.42 Å². The number of piperidine rings is 1. The molecule has 1 aliphatic rings. The summed E-state index contributed by atoms with van der Waals surface area (Å²) in [5, 5.41) is 3.00. The Morgan fingerprint density at radius 2 is 1.78 bits per heavy atom. The maximum Gasteiger partial charge on any atom is 0.241 e. The highest BCUT2D eigenvalue weighted by molar-refractivity contribution is 5.94. The van der Waals surface area contributed by atoms with Crippen molar-refractivity contribution in [1.82, 2.24) is 9.80 Å². The molecule has 2 rings (SSSR count). The first-order valence-electron chi connectivity index (χ1n) is 8.35. The van der Waals surface area contributed by atoms with E-state index in [0.717, 1.165) is 30.3 Å². The molecule has 0 spiro atoms. The lowest BCUT2D eigenvalue weighted by Crippen LogP contribution is -2.44. The number of amides is 1. The van der Waals surface area contributed by atoms with Gasteiger partial charge in [-0.15, -0.1) is 0 Å². The summed E-state index contributed by atoms with van der Waals surface area (Å²) >= 11 is 0. The average Bonchev–Trinajstić information content (AvgIpc) is 2.56. The number of likely N-dealkylation sites (tertiary alicyclic amines) is 1. The highest BCUT2D eigenvalue weighted by Gasteiger charge is 2.22. The normalized spacial score (nSPS) is 17.7. The van der Waals surface area contributed by atoms with Crippen molar-refractivity contribution < 1.29 is 4.79 Å². The molecule has 1 atom stereocenters. The molecular formula is C18H28N4O. The van der Waals surface area contributed by atoms with Gasteiger partial charge in [0.15, 0.2) is 0 Å². The number of carbonyl (C=O) groups is 1. The molecule has 126 valence electrons. The van der Waals surface area contributed by atoms with Crippen LogP contribution in [-0.4, -0.2) is 54.8 Å². The zero-order valence-electron chi connectivity index (χ0n) is 14.7. The number of nitrogens with one attached hydrogen (secondary N) is 1. The maximum atomic E-state index is 12.4. The van der Waals surface area contributed by atoms with Crippen molar-refractivity contribution in [3.05, 3.63) is 24.3 Å². The second-order valence-corrected chi connectivity index (χ2v) is 6.36. The minimum absolute atomic E-state index is 0.0626. The molecule has 1 unspecified atom stereocenters. The summed E-state index contributed by atoms with van der Waals surface area (Å²) in [7, 11) is 3.94. The lowest BCUT2D eigenvalue weighted by Gasteiger charge is -2.31. The van der Waals surface area contributed by atoms with Gasteiger partial charge in [0.05, 0.1) is 11.7 Å². The first-order chi connectivity index (χ1) is 11.0. The van der Waals surface area contributed by atoms with Crippen LogP contribution < -0.4 is 5.32 Å². The molecular weight excluding hydrogens is 288 g/mol. The number of hydrogen-bond donors (Lipinski definition) is 1. The molecule has 0 saturated carbocycles. The topological polar surface area (TPSA) is 47.9 Å². The van der Waals surface area contributed by atoms with Gasteiger partial charge in [0.2, 0.25) is 5.91 Å². The molecule has 23 heavy (non-hydrogen) atoms. The van der Waals surface area contributed by atoms with E-state index in [2.05, 4.69) is 15.2 Å². The third kappa shape index (κ3) is 5.06. The van der Waals surface area contributed by atoms with Gasteiger partial charge in [0, 0.05) is 19.8 Å².